The maximum absolute atomic E-state index is 11.4. The highest BCUT2D eigenvalue weighted by atomic mass is 35.5. The Morgan fingerprint density at radius 2 is 2.04 bits per heavy atom. The highest BCUT2D eigenvalue weighted by molar-refractivity contribution is 7.14. The van der Waals surface area contributed by atoms with E-state index in [9.17, 15) is 9.90 Å². The standard InChI is InChI=1S/C16H13ClN2O3S/c1-9-14(16(20)21)18-19(11-3-5-12(22-2)6-4-11)15(9)13-7-10(17)8-23-13/h3-8H,1-2H3,(H,20,21). The summed E-state index contributed by atoms with van der Waals surface area (Å²) in [6, 6.07) is 9.07. The van der Waals surface area contributed by atoms with Crippen LogP contribution in [-0.4, -0.2) is 28.0 Å². The third-order valence-corrected chi connectivity index (χ3v) is 4.73. The van der Waals surface area contributed by atoms with Gasteiger partial charge in [-0.15, -0.1) is 11.3 Å². The first-order valence-electron chi connectivity index (χ1n) is 6.73. The van der Waals surface area contributed by atoms with Crippen molar-refractivity contribution in [1.82, 2.24) is 9.78 Å². The fraction of sp³-hybridized carbons (Fsp3) is 0.125. The van der Waals surface area contributed by atoms with Gasteiger partial charge in [0, 0.05) is 10.9 Å². The first-order chi connectivity index (χ1) is 11.0. The van der Waals surface area contributed by atoms with Crippen molar-refractivity contribution in [1.29, 1.82) is 0 Å². The van der Waals surface area contributed by atoms with Gasteiger partial charge in [0.1, 0.15) is 5.75 Å². The maximum atomic E-state index is 11.4. The van der Waals surface area contributed by atoms with Crippen molar-refractivity contribution in [3.8, 4) is 22.0 Å². The summed E-state index contributed by atoms with van der Waals surface area (Å²) in [7, 11) is 1.59. The van der Waals surface area contributed by atoms with Gasteiger partial charge in [0.05, 0.1) is 28.4 Å². The van der Waals surface area contributed by atoms with E-state index >= 15 is 0 Å². The number of hydrogen-bond donors (Lipinski definition) is 1. The number of carbonyl (C=O) groups is 1. The van der Waals surface area contributed by atoms with Crippen molar-refractivity contribution in [2.45, 2.75) is 6.92 Å². The summed E-state index contributed by atoms with van der Waals surface area (Å²) in [5.74, 6) is -0.338. The van der Waals surface area contributed by atoms with Crippen molar-refractivity contribution in [2.24, 2.45) is 0 Å². The molecular formula is C16H13ClN2O3S. The van der Waals surface area contributed by atoms with Crippen LogP contribution in [0.5, 0.6) is 5.75 Å². The van der Waals surface area contributed by atoms with E-state index in [1.54, 1.807) is 30.8 Å². The molecule has 7 heteroatoms. The Balaban J connectivity index is 2.21. The maximum Gasteiger partial charge on any atom is 0.356 e. The zero-order chi connectivity index (χ0) is 16.6. The van der Waals surface area contributed by atoms with E-state index in [-0.39, 0.29) is 5.69 Å². The lowest BCUT2D eigenvalue weighted by Crippen LogP contribution is -2.02. The van der Waals surface area contributed by atoms with E-state index in [1.807, 2.05) is 23.6 Å². The van der Waals surface area contributed by atoms with Gasteiger partial charge in [-0.25, -0.2) is 9.48 Å². The molecule has 0 radical (unpaired) electrons. The molecule has 0 atom stereocenters. The fourth-order valence-electron chi connectivity index (χ4n) is 2.34. The van der Waals surface area contributed by atoms with Crippen molar-refractivity contribution in [2.75, 3.05) is 7.11 Å². The highest BCUT2D eigenvalue weighted by Crippen LogP contribution is 2.35. The van der Waals surface area contributed by atoms with E-state index in [0.717, 1.165) is 22.0 Å². The summed E-state index contributed by atoms with van der Waals surface area (Å²) in [4.78, 5) is 12.3. The molecule has 2 heterocycles. The number of ether oxygens (including phenoxy) is 1. The third-order valence-electron chi connectivity index (χ3n) is 3.44. The molecule has 5 nitrogen and oxygen atoms in total. The molecule has 1 aromatic carbocycles. The van der Waals surface area contributed by atoms with E-state index in [2.05, 4.69) is 5.10 Å². The number of halogens is 1. The molecule has 0 spiro atoms. The van der Waals surface area contributed by atoms with E-state index in [1.165, 1.54) is 11.3 Å². The molecule has 0 amide bonds. The summed E-state index contributed by atoms with van der Waals surface area (Å²) in [6.07, 6.45) is 0. The van der Waals surface area contributed by atoms with Crippen LogP contribution in [0.2, 0.25) is 5.02 Å². The van der Waals surface area contributed by atoms with Gasteiger partial charge in [0.15, 0.2) is 5.69 Å². The van der Waals surface area contributed by atoms with Crippen LogP contribution in [0.15, 0.2) is 35.7 Å². The average Bonchev–Trinajstić information content (AvgIpc) is 3.10. The van der Waals surface area contributed by atoms with Gasteiger partial charge < -0.3 is 9.84 Å². The first kappa shape index (κ1) is 15.6. The van der Waals surface area contributed by atoms with Gasteiger partial charge in [0.25, 0.3) is 0 Å². The molecule has 118 valence electrons. The average molecular weight is 349 g/mol. The molecule has 0 aliphatic rings. The fourth-order valence-corrected chi connectivity index (χ4v) is 3.50. The molecule has 0 saturated carbocycles. The van der Waals surface area contributed by atoms with Crippen LogP contribution in [0, 0.1) is 6.92 Å². The number of aromatic carboxylic acids is 1. The number of thiophene rings is 1. The minimum absolute atomic E-state index is 0.0281. The molecule has 3 rings (SSSR count). The number of methoxy groups -OCH3 is 1. The van der Waals surface area contributed by atoms with Gasteiger partial charge >= 0.3 is 5.97 Å². The van der Waals surface area contributed by atoms with Gasteiger partial charge in [0.2, 0.25) is 0 Å². The Morgan fingerprint density at radius 1 is 1.35 bits per heavy atom. The monoisotopic (exact) mass is 348 g/mol. The predicted molar refractivity (Wildman–Crippen MR) is 90.1 cm³/mol. The van der Waals surface area contributed by atoms with Crippen molar-refractivity contribution >= 4 is 28.9 Å². The predicted octanol–water partition coefficient (Wildman–Crippen LogP) is 4.27. The number of carboxylic acid groups (broad SMARTS) is 1. The second-order valence-corrected chi connectivity index (χ2v) is 6.21. The van der Waals surface area contributed by atoms with Crippen molar-refractivity contribution in [3.05, 3.63) is 52.0 Å². The molecule has 0 aliphatic heterocycles. The Morgan fingerprint density at radius 3 is 2.57 bits per heavy atom. The molecule has 0 fully saturated rings. The molecule has 3 aromatic rings. The lowest BCUT2D eigenvalue weighted by atomic mass is 10.1. The summed E-state index contributed by atoms with van der Waals surface area (Å²) in [5, 5.41) is 16.0. The Hall–Kier alpha value is -2.31. The first-order valence-corrected chi connectivity index (χ1v) is 7.98. The largest absolute Gasteiger partial charge is 0.497 e. The minimum atomic E-state index is -1.06. The third kappa shape index (κ3) is 2.83. The molecule has 23 heavy (non-hydrogen) atoms. The lowest BCUT2D eigenvalue weighted by molar-refractivity contribution is 0.0689. The van der Waals surface area contributed by atoms with Crippen LogP contribution in [0.1, 0.15) is 16.1 Å². The number of carboxylic acids is 1. The number of benzene rings is 1. The molecule has 0 unspecified atom stereocenters. The quantitative estimate of drug-likeness (QED) is 0.764. The smallest absolute Gasteiger partial charge is 0.356 e. The number of rotatable bonds is 4. The topological polar surface area (TPSA) is 64.4 Å². The summed E-state index contributed by atoms with van der Waals surface area (Å²) in [6.45, 7) is 1.75. The number of aromatic nitrogens is 2. The van der Waals surface area contributed by atoms with Gasteiger partial charge in [-0.2, -0.15) is 5.10 Å². The Labute approximate surface area is 141 Å². The van der Waals surface area contributed by atoms with E-state index in [4.69, 9.17) is 16.3 Å². The Bertz CT molecular complexity index is 868. The van der Waals surface area contributed by atoms with Crippen molar-refractivity contribution < 1.29 is 14.6 Å². The Kier molecular flexibility index (Phi) is 4.11. The van der Waals surface area contributed by atoms with Crippen LogP contribution in [0.25, 0.3) is 16.3 Å². The summed E-state index contributed by atoms with van der Waals surface area (Å²) in [5.41, 5.74) is 2.11. The van der Waals surface area contributed by atoms with Gasteiger partial charge in [-0.05, 0) is 37.3 Å². The van der Waals surface area contributed by atoms with Gasteiger partial charge in [-0.3, -0.25) is 0 Å². The SMILES string of the molecule is COc1ccc(-n2nc(C(=O)O)c(C)c2-c2cc(Cl)cs2)cc1. The molecule has 1 N–H and O–H groups in total. The summed E-state index contributed by atoms with van der Waals surface area (Å²) >= 11 is 7.47. The molecule has 2 aromatic heterocycles. The van der Waals surface area contributed by atoms with Crippen LogP contribution < -0.4 is 4.74 Å². The number of hydrogen-bond acceptors (Lipinski definition) is 4. The lowest BCUT2D eigenvalue weighted by Gasteiger charge is -2.08. The number of nitrogens with zero attached hydrogens (tertiary/aromatic N) is 2. The molecular weight excluding hydrogens is 336 g/mol. The summed E-state index contributed by atoms with van der Waals surface area (Å²) < 4.78 is 6.78. The van der Waals surface area contributed by atoms with Crippen LogP contribution in [0.3, 0.4) is 0 Å². The normalized spacial score (nSPS) is 10.7. The molecule has 0 saturated heterocycles. The van der Waals surface area contributed by atoms with Crippen LogP contribution in [0.4, 0.5) is 0 Å². The molecule has 0 bridgehead atoms. The van der Waals surface area contributed by atoms with Crippen molar-refractivity contribution in [3.63, 3.8) is 0 Å². The minimum Gasteiger partial charge on any atom is -0.497 e. The van der Waals surface area contributed by atoms with E-state index in [0.29, 0.717) is 10.6 Å². The zero-order valence-corrected chi connectivity index (χ0v) is 14.0. The van der Waals surface area contributed by atoms with E-state index < -0.39 is 5.97 Å². The zero-order valence-electron chi connectivity index (χ0n) is 12.4. The second-order valence-electron chi connectivity index (χ2n) is 4.87. The van der Waals surface area contributed by atoms with Crippen LogP contribution >= 0.6 is 22.9 Å². The van der Waals surface area contributed by atoms with Gasteiger partial charge in [-0.1, -0.05) is 11.6 Å². The second kappa shape index (κ2) is 6.06. The molecule has 0 aliphatic carbocycles. The highest BCUT2D eigenvalue weighted by Gasteiger charge is 2.22. The van der Waals surface area contributed by atoms with Crippen LogP contribution in [-0.2, 0) is 0 Å².